The molecule has 1 unspecified atom stereocenters. The van der Waals surface area contributed by atoms with Crippen LogP contribution in [0.15, 0.2) is 12.4 Å². The maximum atomic E-state index is 5.75. The van der Waals surface area contributed by atoms with E-state index in [-0.39, 0.29) is 0 Å². The van der Waals surface area contributed by atoms with Crippen LogP contribution in [0, 0.1) is 0 Å². The zero-order valence-electron chi connectivity index (χ0n) is 12.6. The Labute approximate surface area is 121 Å². The fourth-order valence-electron chi connectivity index (χ4n) is 2.38. The molecule has 0 saturated carbocycles. The first-order chi connectivity index (χ1) is 9.79. The summed E-state index contributed by atoms with van der Waals surface area (Å²) in [6.07, 6.45) is 8.87. The minimum Gasteiger partial charge on any atom is -0.376 e. The van der Waals surface area contributed by atoms with E-state index in [1.54, 1.807) is 0 Å². The molecule has 1 saturated heterocycles. The van der Waals surface area contributed by atoms with E-state index in [2.05, 4.69) is 27.1 Å². The van der Waals surface area contributed by atoms with Crippen molar-refractivity contribution in [2.24, 2.45) is 0 Å². The van der Waals surface area contributed by atoms with Crippen LogP contribution >= 0.6 is 0 Å². The molecule has 1 aliphatic heterocycles. The average molecular weight is 278 g/mol. The van der Waals surface area contributed by atoms with Crippen molar-refractivity contribution in [3.63, 3.8) is 0 Å². The van der Waals surface area contributed by atoms with E-state index in [1.165, 1.54) is 12.8 Å². The van der Waals surface area contributed by atoms with Gasteiger partial charge in [-0.2, -0.15) is 0 Å². The number of nitrogens with zero attached hydrogens (tertiary/aromatic N) is 3. The molecule has 0 radical (unpaired) electrons. The van der Waals surface area contributed by atoms with Crippen LogP contribution in [0.5, 0.6) is 0 Å². The Balaban J connectivity index is 1.81. The van der Waals surface area contributed by atoms with Crippen molar-refractivity contribution in [3.05, 3.63) is 18.0 Å². The molecular formula is C15H26N4O. The van der Waals surface area contributed by atoms with Gasteiger partial charge >= 0.3 is 0 Å². The summed E-state index contributed by atoms with van der Waals surface area (Å²) < 4.78 is 5.75. The number of anilines is 1. The Morgan fingerprint density at radius 1 is 1.35 bits per heavy atom. The van der Waals surface area contributed by atoms with Gasteiger partial charge in [0.25, 0.3) is 0 Å². The fourth-order valence-corrected chi connectivity index (χ4v) is 2.38. The summed E-state index contributed by atoms with van der Waals surface area (Å²) in [6, 6.07) is 0. The average Bonchev–Trinajstić information content (AvgIpc) is 2.49. The van der Waals surface area contributed by atoms with Gasteiger partial charge in [0, 0.05) is 44.7 Å². The zero-order chi connectivity index (χ0) is 14.2. The lowest BCUT2D eigenvalue weighted by atomic mass is 10.1. The van der Waals surface area contributed by atoms with Gasteiger partial charge in [-0.3, -0.25) is 0 Å². The van der Waals surface area contributed by atoms with Gasteiger partial charge in [0.15, 0.2) is 0 Å². The highest BCUT2D eigenvalue weighted by Gasteiger charge is 2.17. The quantitative estimate of drug-likeness (QED) is 0.773. The van der Waals surface area contributed by atoms with Crippen LogP contribution < -0.4 is 10.2 Å². The van der Waals surface area contributed by atoms with Gasteiger partial charge in [-0.05, 0) is 32.2 Å². The molecule has 0 spiro atoms. The third-order valence-corrected chi connectivity index (χ3v) is 3.54. The van der Waals surface area contributed by atoms with Crippen molar-refractivity contribution in [2.45, 2.75) is 45.3 Å². The highest BCUT2D eigenvalue weighted by atomic mass is 16.5. The molecule has 1 atom stereocenters. The monoisotopic (exact) mass is 278 g/mol. The summed E-state index contributed by atoms with van der Waals surface area (Å²) in [4.78, 5) is 11.0. The molecule has 0 amide bonds. The fraction of sp³-hybridized carbons (Fsp3) is 0.733. The van der Waals surface area contributed by atoms with Crippen molar-refractivity contribution in [2.75, 3.05) is 31.6 Å². The number of ether oxygens (including phenoxy) is 1. The molecule has 5 heteroatoms. The maximum absolute atomic E-state index is 5.75. The van der Waals surface area contributed by atoms with Gasteiger partial charge in [0.05, 0.1) is 6.10 Å². The molecule has 5 nitrogen and oxygen atoms in total. The molecule has 2 heterocycles. The standard InChI is InChI=1S/C15H26N4O/c1-3-7-16-9-13-10-17-15(18-11-13)19(2)12-14-6-4-5-8-20-14/h10-11,14,16H,3-9,12H2,1-2H3. The molecule has 112 valence electrons. The molecule has 1 aromatic rings. The molecule has 2 rings (SSSR count). The lowest BCUT2D eigenvalue weighted by molar-refractivity contribution is 0.0214. The third kappa shape index (κ3) is 4.72. The molecule has 1 fully saturated rings. The number of likely N-dealkylation sites (N-methyl/N-ethyl adjacent to an activating group) is 1. The summed E-state index contributed by atoms with van der Waals surface area (Å²) in [7, 11) is 2.03. The Bertz CT molecular complexity index is 376. The molecule has 0 aromatic carbocycles. The first-order valence-corrected chi connectivity index (χ1v) is 7.64. The third-order valence-electron chi connectivity index (χ3n) is 3.54. The van der Waals surface area contributed by atoms with Crippen molar-refractivity contribution >= 4 is 5.95 Å². The van der Waals surface area contributed by atoms with E-state index in [0.717, 1.165) is 50.6 Å². The highest BCUT2D eigenvalue weighted by Crippen LogP contribution is 2.15. The van der Waals surface area contributed by atoms with Gasteiger partial charge in [-0.15, -0.1) is 0 Å². The van der Waals surface area contributed by atoms with Crippen LogP contribution in [0.3, 0.4) is 0 Å². The van der Waals surface area contributed by atoms with E-state index in [4.69, 9.17) is 4.74 Å². The SMILES string of the molecule is CCCNCc1cnc(N(C)CC2CCCCO2)nc1. The van der Waals surface area contributed by atoms with E-state index < -0.39 is 0 Å². The maximum Gasteiger partial charge on any atom is 0.225 e. The first-order valence-electron chi connectivity index (χ1n) is 7.64. The number of rotatable bonds is 7. The molecule has 1 N–H and O–H groups in total. The Kier molecular flexibility index (Phi) is 6.21. The topological polar surface area (TPSA) is 50.3 Å². The number of hydrogen-bond donors (Lipinski definition) is 1. The molecule has 20 heavy (non-hydrogen) atoms. The van der Waals surface area contributed by atoms with Gasteiger partial charge in [0.1, 0.15) is 0 Å². The lowest BCUT2D eigenvalue weighted by Gasteiger charge is -2.27. The van der Waals surface area contributed by atoms with E-state index in [1.807, 2.05) is 19.4 Å². The van der Waals surface area contributed by atoms with Crippen LogP contribution in [-0.4, -0.2) is 42.8 Å². The van der Waals surface area contributed by atoms with E-state index in [9.17, 15) is 0 Å². The predicted molar refractivity (Wildman–Crippen MR) is 80.9 cm³/mol. The van der Waals surface area contributed by atoms with Crippen molar-refractivity contribution < 1.29 is 4.74 Å². The molecular weight excluding hydrogens is 252 g/mol. The normalized spacial score (nSPS) is 19.0. The van der Waals surface area contributed by atoms with E-state index in [0.29, 0.717) is 6.10 Å². The Morgan fingerprint density at radius 2 is 2.15 bits per heavy atom. The summed E-state index contributed by atoms with van der Waals surface area (Å²) in [6.45, 7) is 5.79. The van der Waals surface area contributed by atoms with Gasteiger partial charge < -0.3 is 15.0 Å². The minimum absolute atomic E-state index is 0.322. The molecule has 1 aliphatic rings. The number of aromatic nitrogens is 2. The Hall–Kier alpha value is -1.20. The van der Waals surface area contributed by atoms with Crippen molar-refractivity contribution in [1.29, 1.82) is 0 Å². The summed E-state index contributed by atoms with van der Waals surface area (Å²) in [5.41, 5.74) is 1.13. The predicted octanol–water partition coefficient (Wildman–Crippen LogP) is 1.98. The molecule has 1 aromatic heterocycles. The number of hydrogen-bond acceptors (Lipinski definition) is 5. The summed E-state index contributed by atoms with van der Waals surface area (Å²) >= 11 is 0. The molecule has 0 bridgehead atoms. The molecule has 0 aliphatic carbocycles. The van der Waals surface area contributed by atoms with Crippen LogP contribution in [0.4, 0.5) is 5.95 Å². The second kappa shape index (κ2) is 8.17. The van der Waals surface area contributed by atoms with Crippen LogP contribution in [-0.2, 0) is 11.3 Å². The Morgan fingerprint density at radius 3 is 2.80 bits per heavy atom. The summed E-state index contributed by atoms with van der Waals surface area (Å²) in [5.74, 6) is 0.776. The van der Waals surface area contributed by atoms with Crippen LogP contribution in [0.1, 0.15) is 38.2 Å². The van der Waals surface area contributed by atoms with Crippen molar-refractivity contribution in [1.82, 2.24) is 15.3 Å². The minimum atomic E-state index is 0.322. The second-order valence-corrected chi connectivity index (χ2v) is 5.44. The smallest absolute Gasteiger partial charge is 0.225 e. The van der Waals surface area contributed by atoms with Gasteiger partial charge in [0.2, 0.25) is 5.95 Å². The first kappa shape index (κ1) is 15.2. The second-order valence-electron chi connectivity index (χ2n) is 5.44. The van der Waals surface area contributed by atoms with E-state index >= 15 is 0 Å². The highest BCUT2D eigenvalue weighted by molar-refractivity contribution is 5.28. The number of nitrogens with one attached hydrogen (secondary N) is 1. The largest absolute Gasteiger partial charge is 0.376 e. The zero-order valence-corrected chi connectivity index (χ0v) is 12.6. The van der Waals surface area contributed by atoms with Crippen molar-refractivity contribution in [3.8, 4) is 0 Å². The van der Waals surface area contributed by atoms with Gasteiger partial charge in [-0.25, -0.2) is 9.97 Å². The lowest BCUT2D eigenvalue weighted by Crippen LogP contribution is -2.34. The van der Waals surface area contributed by atoms with Crippen LogP contribution in [0.2, 0.25) is 0 Å². The van der Waals surface area contributed by atoms with Gasteiger partial charge in [-0.1, -0.05) is 6.92 Å². The van der Waals surface area contributed by atoms with Crippen LogP contribution in [0.25, 0.3) is 0 Å². The summed E-state index contributed by atoms with van der Waals surface area (Å²) in [5, 5.41) is 3.35.